The van der Waals surface area contributed by atoms with Crippen LogP contribution >= 0.6 is 0 Å². The van der Waals surface area contributed by atoms with Gasteiger partial charge in [-0.05, 0) is 30.2 Å². The maximum Gasteiger partial charge on any atom is 0.223 e. The number of benzene rings is 2. The Kier molecular flexibility index (Phi) is 5.81. The third-order valence-electron chi connectivity index (χ3n) is 4.74. The normalized spacial score (nSPS) is 12.5. The SMILES string of the molecule is CCN(CCO)C(C)c1ccc(-c2ccc(-c3noc(C)n3)cc2)cc1. The highest BCUT2D eigenvalue weighted by molar-refractivity contribution is 5.67. The number of aliphatic hydroxyl groups is 1. The standard InChI is InChI=1S/C21H25N3O2/c1-4-24(13-14-25)15(2)17-5-7-18(8-6-17)19-9-11-20(12-10-19)21-22-16(3)26-23-21/h5-12,15,25H,4,13-14H2,1-3H3. The first-order valence-corrected chi connectivity index (χ1v) is 8.98. The Morgan fingerprint density at radius 1 is 1.00 bits per heavy atom. The van der Waals surface area contributed by atoms with Crippen molar-refractivity contribution in [3.63, 3.8) is 0 Å². The Labute approximate surface area is 154 Å². The van der Waals surface area contributed by atoms with Gasteiger partial charge in [0.25, 0.3) is 0 Å². The highest BCUT2D eigenvalue weighted by atomic mass is 16.5. The maximum atomic E-state index is 9.21. The summed E-state index contributed by atoms with van der Waals surface area (Å²) < 4.78 is 5.03. The molecule has 5 heteroatoms. The van der Waals surface area contributed by atoms with Crippen LogP contribution in [-0.2, 0) is 0 Å². The van der Waals surface area contributed by atoms with Crippen LogP contribution in [0.3, 0.4) is 0 Å². The predicted molar refractivity (Wildman–Crippen MR) is 103 cm³/mol. The molecule has 0 saturated heterocycles. The van der Waals surface area contributed by atoms with E-state index in [1.165, 1.54) is 11.1 Å². The quantitative estimate of drug-likeness (QED) is 0.695. The molecule has 0 spiro atoms. The molecule has 2 aromatic carbocycles. The summed E-state index contributed by atoms with van der Waals surface area (Å²) in [5, 5.41) is 13.2. The molecule has 0 aliphatic heterocycles. The molecule has 1 atom stereocenters. The van der Waals surface area contributed by atoms with Gasteiger partial charge in [0.2, 0.25) is 11.7 Å². The minimum Gasteiger partial charge on any atom is -0.395 e. The number of aliphatic hydroxyl groups excluding tert-OH is 1. The van der Waals surface area contributed by atoms with E-state index in [4.69, 9.17) is 4.52 Å². The van der Waals surface area contributed by atoms with Crippen molar-refractivity contribution in [2.75, 3.05) is 19.7 Å². The Morgan fingerprint density at radius 2 is 1.58 bits per heavy atom. The van der Waals surface area contributed by atoms with E-state index in [2.05, 4.69) is 65.3 Å². The van der Waals surface area contributed by atoms with Crippen molar-refractivity contribution in [1.29, 1.82) is 0 Å². The zero-order chi connectivity index (χ0) is 18.5. The fourth-order valence-corrected chi connectivity index (χ4v) is 3.15. The van der Waals surface area contributed by atoms with E-state index >= 15 is 0 Å². The molecule has 0 saturated carbocycles. The van der Waals surface area contributed by atoms with Crippen molar-refractivity contribution < 1.29 is 9.63 Å². The fourth-order valence-electron chi connectivity index (χ4n) is 3.15. The lowest BCUT2D eigenvalue weighted by Crippen LogP contribution is -2.29. The molecule has 136 valence electrons. The molecular formula is C21H25N3O2. The average molecular weight is 351 g/mol. The largest absolute Gasteiger partial charge is 0.395 e. The van der Waals surface area contributed by atoms with Gasteiger partial charge < -0.3 is 9.63 Å². The van der Waals surface area contributed by atoms with Crippen molar-refractivity contribution in [1.82, 2.24) is 15.0 Å². The third kappa shape index (κ3) is 4.00. The van der Waals surface area contributed by atoms with Gasteiger partial charge in [-0.3, -0.25) is 4.90 Å². The summed E-state index contributed by atoms with van der Waals surface area (Å²) in [5.41, 5.74) is 4.51. The molecule has 3 rings (SSSR count). The first-order chi connectivity index (χ1) is 12.6. The molecule has 1 unspecified atom stereocenters. The van der Waals surface area contributed by atoms with Gasteiger partial charge >= 0.3 is 0 Å². The van der Waals surface area contributed by atoms with E-state index in [-0.39, 0.29) is 12.6 Å². The second-order valence-electron chi connectivity index (χ2n) is 6.36. The monoisotopic (exact) mass is 351 g/mol. The van der Waals surface area contributed by atoms with Crippen LogP contribution in [0.4, 0.5) is 0 Å². The number of nitrogens with zero attached hydrogens (tertiary/aromatic N) is 3. The summed E-state index contributed by atoms with van der Waals surface area (Å²) in [5.74, 6) is 1.18. The first kappa shape index (κ1) is 18.3. The minimum absolute atomic E-state index is 0.183. The van der Waals surface area contributed by atoms with Crippen LogP contribution in [0.1, 0.15) is 31.3 Å². The smallest absolute Gasteiger partial charge is 0.223 e. The topological polar surface area (TPSA) is 62.4 Å². The lowest BCUT2D eigenvalue weighted by atomic mass is 9.99. The number of aryl methyl sites for hydroxylation is 1. The number of rotatable bonds is 7. The summed E-state index contributed by atoms with van der Waals surface area (Å²) in [7, 11) is 0. The molecule has 1 heterocycles. The van der Waals surface area contributed by atoms with Crippen LogP contribution in [-0.4, -0.2) is 39.8 Å². The van der Waals surface area contributed by atoms with Crippen molar-refractivity contribution in [3.8, 4) is 22.5 Å². The van der Waals surface area contributed by atoms with E-state index in [0.717, 1.165) is 17.7 Å². The van der Waals surface area contributed by atoms with E-state index < -0.39 is 0 Å². The lowest BCUT2D eigenvalue weighted by molar-refractivity contribution is 0.165. The molecule has 1 aromatic heterocycles. The van der Waals surface area contributed by atoms with Crippen LogP contribution in [0.25, 0.3) is 22.5 Å². The van der Waals surface area contributed by atoms with E-state index in [9.17, 15) is 5.11 Å². The Balaban J connectivity index is 1.76. The highest BCUT2D eigenvalue weighted by Crippen LogP contribution is 2.26. The van der Waals surface area contributed by atoms with Crippen LogP contribution in [0.15, 0.2) is 53.1 Å². The zero-order valence-electron chi connectivity index (χ0n) is 15.5. The van der Waals surface area contributed by atoms with Crippen LogP contribution in [0.5, 0.6) is 0 Å². The molecule has 0 aliphatic rings. The van der Waals surface area contributed by atoms with Gasteiger partial charge in [-0.15, -0.1) is 0 Å². The summed E-state index contributed by atoms with van der Waals surface area (Å²) in [6.07, 6.45) is 0. The van der Waals surface area contributed by atoms with Crippen LogP contribution < -0.4 is 0 Å². The van der Waals surface area contributed by atoms with E-state index in [1.807, 2.05) is 12.1 Å². The first-order valence-electron chi connectivity index (χ1n) is 8.98. The Hall–Kier alpha value is -2.50. The van der Waals surface area contributed by atoms with Crippen molar-refractivity contribution >= 4 is 0 Å². The van der Waals surface area contributed by atoms with Gasteiger partial charge in [0.15, 0.2) is 0 Å². The Bertz CT molecular complexity index is 825. The molecule has 0 fully saturated rings. The van der Waals surface area contributed by atoms with E-state index in [0.29, 0.717) is 18.3 Å². The van der Waals surface area contributed by atoms with Crippen molar-refractivity contribution in [3.05, 3.63) is 60.0 Å². The van der Waals surface area contributed by atoms with Gasteiger partial charge in [0.1, 0.15) is 0 Å². The number of likely N-dealkylation sites (N-methyl/N-ethyl adjacent to an activating group) is 1. The summed E-state index contributed by atoms with van der Waals surface area (Å²) >= 11 is 0. The van der Waals surface area contributed by atoms with Gasteiger partial charge in [0, 0.05) is 25.1 Å². The molecule has 0 radical (unpaired) electrons. The van der Waals surface area contributed by atoms with Crippen molar-refractivity contribution in [2.24, 2.45) is 0 Å². The Morgan fingerprint density at radius 3 is 2.08 bits per heavy atom. The fraction of sp³-hybridized carbons (Fsp3) is 0.333. The van der Waals surface area contributed by atoms with Crippen LogP contribution in [0.2, 0.25) is 0 Å². The molecule has 26 heavy (non-hydrogen) atoms. The molecule has 0 bridgehead atoms. The highest BCUT2D eigenvalue weighted by Gasteiger charge is 2.13. The average Bonchev–Trinajstić information content (AvgIpc) is 3.12. The second kappa shape index (κ2) is 8.25. The maximum absolute atomic E-state index is 9.21. The van der Waals surface area contributed by atoms with Gasteiger partial charge in [0.05, 0.1) is 6.61 Å². The summed E-state index contributed by atoms with van der Waals surface area (Å²) in [6, 6.07) is 17.1. The summed E-state index contributed by atoms with van der Waals surface area (Å²) in [4.78, 5) is 6.51. The molecule has 0 amide bonds. The lowest BCUT2D eigenvalue weighted by Gasteiger charge is -2.27. The van der Waals surface area contributed by atoms with Crippen molar-refractivity contribution in [2.45, 2.75) is 26.8 Å². The number of hydrogen-bond acceptors (Lipinski definition) is 5. The molecule has 1 N–H and O–H groups in total. The molecule has 3 aromatic rings. The van der Waals surface area contributed by atoms with E-state index in [1.54, 1.807) is 6.92 Å². The number of aromatic nitrogens is 2. The molecule has 5 nitrogen and oxygen atoms in total. The number of hydrogen-bond donors (Lipinski definition) is 1. The van der Waals surface area contributed by atoms with Gasteiger partial charge in [-0.2, -0.15) is 4.98 Å². The van der Waals surface area contributed by atoms with Crippen LogP contribution in [0, 0.1) is 6.92 Å². The van der Waals surface area contributed by atoms with Gasteiger partial charge in [-0.25, -0.2) is 0 Å². The second-order valence-corrected chi connectivity index (χ2v) is 6.36. The van der Waals surface area contributed by atoms with Gasteiger partial charge in [-0.1, -0.05) is 60.6 Å². The summed E-state index contributed by atoms with van der Waals surface area (Å²) in [6.45, 7) is 7.87. The minimum atomic E-state index is 0.183. The molecular weight excluding hydrogens is 326 g/mol. The zero-order valence-corrected chi connectivity index (χ0v) is 15.5. The predicted octanol–water partition coefficient (Wildman–Crippen LogP) is 4.09. The third-order valence-corrected chi connectivity index (χ3v) is 4.74. The molecule has 0 aliphatic carbocycles.